The minimum absolute atomic E-state index is 0.000266. The summed E-state index contributed by atoms with van der Waals surface area (Å²) >= 11 is 0. The molecule has 7 rings (SSSR count). The van der Waals surface area contributed by atoms with Crippen molar-refractivity contribution in [3.8, 4) is 11.5 Å². The number of hydrogen-bond donors (Lipinski definition) is 2. The average molecular weight is 538 g/mol. The Kier molecular flexibility index (Phi) is 5.70. The van der Waals surface area contributed by atoms with Gasteiger partial charge >= 0.3 is 0 Å². The molecule has 2 N–H and O–H groups in total. The van der Waals surface area contributed by atoms with Gasteiger partial charge in [-0.25, -0.2) is 0 Å². The predicted octanol–water partition coefficient (Wildman–Crippen LogP) is 3.83. The molecule has 3 aromatic carbocycles. The van der Waals surface area contributed by atoms with Crippen LogP contribution in [0.3, 0.4) is 0 Å². The number of likely N-dealkylation sites (N-methyl/N-ethyl adjacent to an activating group) is 1. The summed E-state index contributed by atoms with van der Waals surface area (Å²) in [7, 11) is 7.65. The summed E-state index contributed by atoms with van der Waals surface area (Å²) in [6.07, 6.45) is 0. The molecule has 40 heavy (non-hydrogen) atoms. The standard InChI is InChI=1S/C32H35N5O3/c1-36-17-24-28(21-11-15-23(40-4)16-12-21)34-35-29(24)31(19-36)26(20-9-13-22(39-3)14-10-20)18-37(2)32(31)25-7-5-6-8-27(25)33-30(32)38/h5-16,24,26,28,34H,17-19H2,1-4H3,(H,33,38)/t24?,26-,28-,31?,32+/m0/s1. The first kappa shape index (κ1) is 25.1. The average Bonchev–Trinajstić information content (AvgIpc) is 3.61. The van der Waals surface area contributed by atoms with Crippen molar-refractivity contribution in [3.63, 3.8) is 0 Å². The van der Waals surface area contributed by atoms with Crippen molar-refractivity contribution >= 4 is 17.3 Å². The highest BCUT2D eigenvalue weighted by molar-refractivity contribution is 6.13. The number of benzene rings is 3. The number of rotatable bonds is 4. The number of ether oxygens (including phenoxy) is 2. The minimum atomic E-state index is -0.906. The van der Waals surface area contributed by atoms with Crippen LogP contribution in [-0.2, 0) is 10.3 Å². The van der Waals surface area contributed by atoms with E-state index in [0.29, 0.717) is 6.54 Å². The highest BCUT2D eigenvalue weighted by Crippen LogP contribution is 2.65. The van der Waals surface area contributed by atoms with Crippen molar-refractivity contribution in [2.24, 2.45) is 16.4 Å². The molecule has 8 nitrogen and oxygen atoms in total. The fourth-order valence-electron chi connectivity index (χ4n) is 8.16. The highest BCUT2D eigenvalue weighted by atomic mass is 16.5. The molecule has 0 aliphatic carbocycles. The molecule has 0 saturated carbocycles. The topological polar surface area (TPSA) is 78.4 Å². The molecule has 2 spiro atoms. The second-order valence-corrected chi connectivity index (χ2v) is 11.6. The van der Waals surface area contributed by atoms with Crippen LogP contribution < -0.4 is 20.2 Å². The Labute approximate surface area is 235 Å². The zero-order chi connectivity index (χ0) is 27.6. The van der Waals surface area contributed by atoms with Gasteiger partial charge in [-0.1, -0.05) is 42.5 Å². The summed E-state index contributed by atoms with van der Waals surface area (Å²) in [6, 6.07) is 24.8. The van der Waals surface area contributed by atoms with Crippen LogP contribution in [0.2, 0.25) is 0 Å². The number of hydrogen-bond acceptors (Lipinski definition) is 7. The van der Waals surface area contributed by atoms with Crippen molar-refractivity contribution in [1.29, 1.82) is 0 Å². The number of amides is 1. The number of carbonyl (C=O) groups is 1. The van der Waals surface area contributed by atoms with Gasteiger partial charge in [0.05, 0.1) is 31.4 Å². The normalized spacial score (nSPS) is 31.1. The smallest absolute Gasteiger partial charge is 0.250 e. The Bertz CT molecular complexity index is 1490. The summed E-state index contributed by atoms with van der Waals surface area (Å²) < 4.78 is 10.9. The van der Waals surface area contributed by atoms with E-state index in [-0.39, 0.29) is 23.8 Å². The zero-order valence-electron chi connectivity index (χ0n) is 23.3. The van der Waals surface area contributed by atoms with Crippen LogP contribution in [0.5, 0.6) is 11.5 Å². The summed E-state index contributed by atoms with van der Waals surface area (Å²) in [4.78, 5) is 19.1. The molecule has 2 fully saturated rings. The maximum absolute atomic E-state index is 14.5. The SMILES string of the molecule is COc1ccc([C@@H]2NN=C3C2CN(C)CC32[C@H](c3ccc(OC)cc3)CN(C)[C@]23C(=O)Nc2ccccc23)cc1. The second-order valence-electron chi connectivity index (χ2n) is 11.6. The number of hydrazone groups is 1. The molecule has 3 aromatic rings. The number of anilines is 1. The summed E-state index contributed by atoms with van der Waals surface area (Å²) in [6.45, 7) is 2.28. The van der Waals surface area contributed by atoms with Crippen LogP contribution in [0.4, 0.5) is 5.69 Å². The monoisotopic (exact) mass is 537 g/mol. The van der Waals surface area contributed by atoms with Crippen LogP contribution in [0.25, 0.3) is 0 Å². The summed E-state index contributed by atoms with van der Waals surface area (Å²) in [5.74, 6) is 1.80. The molecule has 0 bridgehead atoms. The molecular formula is C32H35N5O3. The molecule has 5 atom stereocenters. The lowest BCUT2D eigenvalue weighted by atomic mass is 9.54. The van der Waals surface area contributed by atoms with E-state index in [1.54, 1.807) is 14.2 Å². The van der Waals surface area contributed by atoms with Gasteiger partial charge in [-0.2, -0.15) is 5.10 Å². The highest BCUT2D eigenvalue weighted by Gasteiger charge is 2.74. The van der Waals surface area contributed by atoms with E-state index < -0.39 is 11.0 Å². The molecule has 2 saturated heterocycles. The van der Waals surface area contributed by atoms with Crippen LogP contribution in [0.15, 0.2) is 77.9 Å². The Morgan fingerprint density at radius 3 is 2.20 bits per heavy atom. The fourth-order valence-corrected chi connectivity index (χ4v) is 8.16. The first-order chi connectivity index (χ1) is 19.4. The van der Waals surface area contributed by atoms with Crippen LogP contribution >= 0.6 is 0 Å². The molecule has 0 radical (unpaired) electrons. The van der Waals surface area contributed by atoms with Gasteiger partial charge in [0.1, 0.15) is 17.0 Å². The maximum Gasteiger partial charge on any atom is 0.250 e. The largest absolute Gasteiger partial charge is 0.497 e. The summed E-state index contributed by atoms with van der Waals surface area (Å²) in [5, 5.41) is 8.44. The van der Waals surface area contributed by atoms with Crippen molar-refractivity contribution in [2.45, 2.75) is 17.5 Å². The van der Waals surface area contributed by atoms with Crippen LogP contribution in [-0.4, -0.2) is 69.4 Å². The Morgan fingerprint density at radius 2 is 1.52 bits per heavy atom. The number of carbonyl (C=O) groups excluding carboxylic acids is 1. The van der Waals surface area contributed by atoms with E-state index in [0.717, 1.165) is 47.1 Å². The summed E-state index contributed by atoms with van der Waals surface area (Å²) in [5.41, 5.74) is 7.36. The van der Waals surface area contributed by atoms with Crippen LogP contribution in [0, 0.1) is 11.3 Å². The van der Waals surface area contributed by atoms with Gasteiger partial charge < -0.3 is 25.1 Å². The number of nitrogens with one attached hydrogen (secondary N) is 2. The van der Waals surface area contributed by atoms with Gasteiger partial charge in [0, 0.05) is 42.7 Å². The third kappa shape index (κ3) is 3.20. The van der Waals surface area contributed by atoms with E-state index in [1.165, 1.54) is 5.56 Å². The van der Waals surface area contributed by atoms with E-state index in [9.17, 15) is 4.79 Å². The lowest BCUT2D eigenvalue weighted by Crippen LogP contribution is -2.66. The van der Waals surface area contributed by atoms with Crippen molar-refractivity contribution in [3.05, 3.63) is 89.5 Å². The van der Waals surface area contributed by atoms with E-state index in [1.807, 2.05) is 42.5 Å². The Balaban J connectivity index is 1.44. The van der Waals surface area contributed by atoms with Crippen molar-refractivity contribution in [2.75, 3.05) is 53.3 Å². The van der Waals surface area contributed by atoms with Crippen LogP contribution in [0.1, 0.15) is 28.7 Å². The zero-order valence-corrected chi connectivity index (χ0v) is 23.3. The number of nitrogens with zero attached hydrogens (tertiary/aromatic N) is 3. The number of fused-ring (bicyclic) bond motifs is 5. The van der Waals surface area contributed by atoms with Gasteiger partial charge in [0.25, 0.3) is 5.91 Å². The van der Waals surface area contributed by atoms with Crippen molar-refractivity contribution < 1.29 is 14.3 Å². The quantitative estimate of drug-likeness (QED) is 0.527. The molecule has 0 aromatic heterocycles. The lowest BCUT2D eigenvalue weighted by molar-refractivity contribution is -0.130. The molecule has 2 unspecified atom stereocenters. The van der Waals surface area contributed by atoms with E-state index in [2.05, 4.69) is 65.0 Å². The number of piperidine rings is 1. The first-order valence-corrected chi connectivity index (χ1v) is 13.9. The minimum Gasteiger partial charge on any atom is -0.497 e. The van der Waals surface area contributed by atoms with E-state index >= 15 is 0 Å². The maximum atomic E-state index is 14.5. The van der Waals surface area contributed by atoms with Crippen molar-refractivity contribution in [1.82, 2.24) is 15.2 Å². The molecule has 4 heterocycles. The number of likely N-dealkylation sites (tertiary alicyclic amines) is 2. The number of methoxy groups -OCH3 is 2. The van der Waals surface area contributed by atoms with Gasteiger partial charge in [-0.3, -0.25) is 9.69 Å². The van der Waals surface area contributed by atoms with Gasteiger partial charge in [0.15, 0.2) is 0 Å². The molecule has 1 amide bonds. The first-order valence-electron chi connectivity index (χ1n) is 13.9. The third-order valence-corrected chi connectivity index (χ3v) is 9.72. The fraction of sp³-hybridized carbons (Fsp3) is 0.375. The second kappa shape index (κ2) is 9.08. The van der Waals surface area contributed by atoms with E-state index in [4.69, 9.17) is 14.6 Å². The van der Waals surface area contributed by atoms with Gasteiger partial charge in [-0.15, -0.1) is 0 Å². The molecule has 206 valence electrons. The molecule has 4 aliphatic heterocycles. The van der Waals surface area contributed by atoms with Gasteiger partial charge in [0.2, 0.25) is 0 Å². The molecule has 8 heteroatoms. The molecule has 4 aliphatic rings. The third-order valence-electron chi connectivity index (χ3n) is 9.72. The number of para-hydroxylation sites is 1. The lowest BCUT2D eigenvalue weighted by Gasteiger charge is -2.53. The van der Waals surface area contributed by atoms with Gasteiger partial charge in [-0.05, 0) is 55.6 Å². The Morgan fingerprint density at radius 1 is 0.875 bits per heavy atom. The molecular weight excluding hydrogens is 502 g/mol. The Hall–Kier alpha value is -3.88. The predicted molar refractivity (Wildman–Crippen MR) is 155 cm³/mol.